The molecule has 0 aliphatic heterocycles. The molecule has 2 aromatic rings. The second kappa shape index (κ2) is 8.40. The van der Waals surface area contributed by atoms with Gasteiger partial charge >= 0.3 is 0 Å². The van der Waals surface area contributed by atoms with Crippen LogP contribution >= 0.6 is 47.8 Å². The Balaban J connectivity index is 1.86. The number of halogens is 3. The summed E-state index contributed by atoms with van der Waals surface area (Å²) in [5.41, 5.74) is 4.07. The number of pyridine rings is 1. The Morgan fingerprint density at radius 1 is 1.23 bits per heavy atom. The predicted octanol–water partition coefficient (Wildman–Crippen LogP) is 3.93. The highest BCUT2D eigenvalue weighted by atomic mass is 79.9. The van der Waals surface area contributed by atoms with E-state index in [1.165, 1.54) is 6.21 Å². The highest BCUT2D eigenvalue weighted by Crippen LogP contribution is 2.32. The number of amides is 1. The number of nitrogens with one attached hydrogen (secondary N) is 2. The first-order valence-electron chi connectivity index (χ1n) is 6.16. The molecule has 1 heterocycles. The Bertz CT molecular complexity index is 692. The highest BCUT2D eigenvalue weighted by molar-refractivity contribution is 9.13. The van der Waals surface area contributed by atoms with Gasteiger partial charge in [-0.15, -0.1) is 0 Å². The summed E-state index contributed by atoms with van der Waals surface area (Å²) in [6.07, 6.45) is 4.87. The number of rotatable bonds is 5. The summed E-state index contributed by atoms with van der Waals surface area (Å²) in [6.45, 7) is 0.108. The van der Waals surface area contributed by atoms with Crippen LogP contribution in [0.15, 0.2) is 55.2 Å². The second-order valence-corrected chi connectivity index (χ2v) is 6.74. The molecule has 0 unspecified atom stereocenters. The maximum absolute atomic E-state index is 11.7. The number of aromatic nitrogens is 1. The van der Waals surface area contributed by atoms with Gasteiger partial charge in [-0.2, -0.15) is 5.10 Å². The van der Waals surface area contributed by atoms with Gasteiger partial charge in [0.1, 0.15) is 0 Å². The number of carbonyl (C=O) groups is 1. The maximum Gasteiger partial charge on any atom is 0.259 e. The van der Waals surface area contributed by atoms with Gasteiger partial charge in [-0.05, 0) is 66.0 Å². The third-order valence-corrected chi connectivity index (χ3v) is 5.04. The molecule has 1 aromatic carbocycles. The number of benzene rings is 1. The zero-order valence-electron chi connectivity index (χ0n) is 11.2. The lowest BCUT2D eigenvalue weighted by Gasteiger charge is -2.09. The Morgan fingerprint density at radius 2 is 2.00 bits per heavy atom. The van der Waals surface area contributed by atoms with Crippen molar-refractivity contribution < 1.29 is 4.79 Å². The minimum Gasteiger partial charge on any atom is -0.375 e. The van der Waals surface area contributed by atoms with Crippen LogP contribution in [0.25, 0.3) is 0 Å². The number of hydrazone groups is 1. The van der Waals surface area contributed by atoms with Crippen LogP contribution in [0.5, 0.6) is 0 Å². The quantitative estimate of drug-likeness (QED) is 0.379. The van der Waals surface area contributed by atoms with E-state index >= 15 is 0 Å². The number of hydrogen-bond donors (Lipinski definition) is 2. The van der Waals surface area contributed by atoms with Crippen molar-refractivity contribution in [2.24, 2.45) is 5.10 Å². The van der Waals surface area contributed by atoms with Crippen molar-refractivity contribution in [1.29, 1.82) is 0 Å². The van der Waals surface area contributed by atoms with Crippen LogP contribution in [0.2, 0.25) is 0 Å². The van der Waals surface area contributed by atoms with Crippen molar-refractivity contribution >= 4 is 65.6 Å². The molecule has 5 nitrogen and oxygen atoms in total. The standard InChI is InChI=1S/C14H11Br3N4O/c15-10-4-12(17)13(5-11(10)16)19-8-14(22)21-20-7-9-2-1-3-18-6-9/h1-7,19H,8H2,(H,21,22). The van der Waals surface area contributed by atoms with Crippen molar-refractivity contribution in [1.82, 2.24) is 10.4 Å². The topological polar surface area (TPSA) is 66.4 Å². The number of hydrogen-bond acceptors (Lipinski definition) is 4. The summed E-state index contributed by atoms with van der Waals surface area (Å²) < 4.78 is 2.68. The summed E-state index contributed by atoms with van der Waals surface area (Å²) in [6, 6.07) is 7.41. The fraction of sp³-hybridized carbons (Fsp3) is 0.0714. The predicted molar refractivity (Wildman–Crippen MR) is 98.0 cm³/mol. The van der Waals surface area contributed by atoms with E-state index in [1.54, 1.807) is 18.5 Å². The third kappa shape index (κ3) is 5.19. The van der Waals surface area contributed by atoms with Crippen molar-refractivity contribution in [2.75, 3.05) is 11.9 Å². The highest BCUT2D eigenvalue weighted by Gasteiger charge is 2.06. The van der Waals surface area contributed by atoms with Gasteiger partial charge in [0.25, 0.3) is 5.91 Å². The number of anilines is 1. The fourth-order valence-electron chi connectivity index (χ4n) is 1.50. The van der Waals surface area contributed by atoms with Crippen LogP contribution in [-0.2, 0) is 4.79 Å². The molecule has 2 N–H and O–H groups in total. The zero-order valence-corrected chi connectivity index (χ0v) is 15.9. The van der Waals surface area contributed by atoms with Crippen molar-refractivity contribution in [3.05, 3.63) is 55.6 Å². The summed E-state index contributed by atoms with van der Waals surface area (Å²) in [7, 11) is 0. The van der Waals surface area contributed by atoms with Crippen LogP contribution < -0.4 is 10.7 Å². The van der Waals surface area contributed by atoms with Crippen LogP contribution in [0.3, 0.4) is 0 Å². The van der Waals surface area contributed by atoms with Gasteiger partial charge in [0.2, 0.25) is 0 Å². The van der Waals surface area contributed by atoms with E-state index in [0.29, 0.717) is 0 Å². The van der Waals surface area contributed by atoms with E-state index in [-0.39, 0.29) is 12.5 Å². The lowest BCUT2D eigenvalue weighted by molar-refractivity contribution is -0.119. The van der Waals surface area contributed by atoms with Gasteiger partial charge < -0.3 is 5.32 Å². The molecule has 0 radical (unpaired) electrons. The van der Waals surface area contributed by atoms with E-state index in [2.05, 4.69) is 68.6 Å². The monoisotopic (exact) mass is 488 g/mol. The average Bonchev–Trinajstić information content (AvgIpc) is 2.50. The Morgan fingerprint density at radius 3 is 2.73 bits per heavy atom. The number of carbonyl (C=O) groups excluding carboxylic acids is 1. The molecular formula is C14H11Br3N4O. The van der Waals surface area contributed by atoms with Crippen molar-refractivity contribution in [3.63, 3.8) is 0 Å². The van der Waals surface area contributed by atoms with Crippen molar-refractivity contribution in [3.8, 4) is 0 Å². The smallest absolute Gasteiger partial charge is 0.259 e. The van der Waals surface area contributed by atoms with Crippen molar-refractivity contribution in [2.45, 2.75) is 0 Å². The minimum atomic E-state index is -0.244. The molecule has 8 heteroatoms. The van der Waals surface area contributed by atoms with Gasteiger partial charge in [-0.25, -0.2) is 5.43 Å². The first-order chi connectivity index (χ1) is 10.6. The molecule has 114 valence electrons. The van der Waals surface area contributed by atoms with E-state index in [0.717, 1.165) is 24.7 Å². The minimum absolute atomic E-state index is 0.108. The van der Waals surface area contributed by atoms with Gasteiger partial charge in [-0.3, -0.25) is 9.78 Å². The lowest BCUT2D eigenvalue weighted by atomic mass is 10.3. The average molecular weight is 491 g/mol. The van der Waals surface area contributed by atoms with E-state index in [9.17, 15) is 4.79 Å². The normalized spacial score (nSPS) is 10.7. The van der Waals surface area contributed by atoms with Gasteiger partial charge in [0.05, 0.1) is 18.4 Å². The molecule has 0 aliphatic carbocycles. The summed E-state index contributed by atoms with van der Waals surface area (Å²) in [5, 5.41) is 6.91. The van der Waals surface area contributed by atoms with E-state index in [4.69, 9.17) is 0 Å². The molecule has 0 saturated carbocycles. The summed E-state index contributed by atoms with van der Waals surface area (Å²) in [4.78, 5) is 15.7. The lowest BCUT2D eigenvalue weighted by Crippen LogP contribution is -2.26. The van der Waals surface area contributed by atoms with Gasteiger partial charge in [0.15, 0.2) is 0 Å². The molecule has 0 saturated heterocycles. The fourth-order valence-corrected chi connectivity index (χ4v) is 2.98. The summed E-state index contributed by atoms with van der Waals surface area (Å²) >= 11 is 10.3. The van der Waals surface area contributed by atoms with E-state index < -0.39 is 0 Å². The first kappa shape index (κ1) is 17.1. The van der Waals surface area contributed by atoms with Crippen LogP contribution in [0, 0.1) is 0 Å². The molecule has 0 spiro atoms. The Labute approximate surface area is 153 Å². The zero-order chi connectivity index (χ0) is 15.9. The van der Waals surface area contributed by atoms with E-state index in [1.807, 2.05) is 18.2 Å². The molecular weight excluding hydrogens is 480 g/mol. The summed E-state index contributed by atoms with van der Waals surface area (Å²) in [5.74, 6) is -0.244. The SMILES string of the molecule is O=C(CNc1cc(Br)c(Br)cc1Br)NN=Cc1cccnc1. The molecule has 1 aromatic heterocycles. The van der Waals surface area contributed by atoms with Gasteiger partial charge in [0, 0.05) is 31.4 Å². The number of nitrogens with zero attached hydrogens (tertiary/aromatic N) is 2. The molecule has 2 rings (SSSR count). The van der Waals surface area contributed by atoms with Gasteiger partial charge in [-0.1, -0.05) is 6.07 Å². The Kier molecular flexibility index (Phi) is 6.53. The second-order valence-electron chi connectivity index (χ2n) is 4.18. The van der Waals surface area contributed by atoms with Crippen LogP contribution in [-0.4, -0.2) is 23.7 Å². The molecule has 0 fully saturated rings. The Hall–Kier alpha value is -1.25. The maximum atomic E-state index is 11.7. The first-order valence-corrected chi connectivity index (χ1v) is 8.54. The van der Waals surface area contributed by atoms with Crippen LogP contribution in [0.1, 0.15) is 5.56 Å². The molecule has 0 aliphatic rings. The molecule has 1 amide bonds. The molecule has 0 atom stereocenters. The van der Waals surface area contributed by atoms with Crippen LogP contribution in [0.4, 0.5) is 5.69 Å². The molecule has 0 bridgehead atoms. The largest absolute Gasteiger partial charge is 0.375 e. The molecule has 22 heavy (non-hydrogen) atoms. The third-order valence-electron chi connectivity index (χ3n) is 2.54.